The van der Waals surface area contributed by atoms with Crippen LogP contribution < -0.4 is 5.32 Å². The number of amides is 1. The lowest BCUT2D eigenvalue weighted by Gasteiger charge is -2.05. The third-order valence-electron chi connectivity index (χ3n) is 2.27. The van der Waals surface area contributed by atoms with E-state index >= 15 is 0 Å². The third kappa shape index (κ3) is 5.01. The highest BCUT2D eigenvalue weighted by molar-refractivity contribution is 5.80. The number of phenolic OH excluding ortho intramolecular Hbond substituents is 1. The summed E-state index contributed by atoms with van der Waals surface area (Å²) >= 11 is 0. The highest BCUT2D eigenvalue weighted by Gasteiger charge is 2.05. The van der Waals surface area contributed by atoms with Crippen molar-refractivity contribution in [2.75, 3.05) is 6.54 Å². The van der Waals surface area contributed by atoms with Crippen LogP contribution in [0.4, 0.5) is 0 Å². The molecule has 0 atom stereocenters. The van der Waals surface area contributed by atoms with Gasteiger partial charge in [-0.2, -0.15) is 0 Å². The van der Waals surface area contributed by atoms with E-state index in [1.807, 2.05) is 0 Å². The van der Waals surface area contributed by atoms with E-state index in [0.29, 0.717) is 13.0 Å². The van der Waals surface area contributed by atoms with E-state index in [2.05, 4.69) is 5.32 Å². The lowest BCUT2D eigenvalue weighted by atomic mass is 10.1. The maximum atomic E-state index is 11.2. The number of para-hydroxylation sites is 1. The van der Waals surface area contributed by atoms with E-state index < -0.39 is 5.97 Å². The number of aliphatic carboxylic acids is 1. The molecular formula is C12H15NO4. The summed E-state index contributed by atoms with van der Waals surface area (Å²) in [5.41, 5.74) is 0.756. The van der Waals surface area contributed by atoms with Crippen molar-refractivity contribution in [1.82, 2.24) is 5.32 Å². The number of hydrogen-bond donors (Lipinski definition) is 3. The summed E-state index contributed by atoms with van der Waals surface area (Å²) < 4.78 is 0. The van der Waals surface area contributed by atoms with Gasteiger partial charge in [0.25, 0.3) is 0 Å². The number of carbonyl (C=O) groups excluding carboxylic acids is 1. The Morgan fingerprint density at radius 2 is 1.88 bits per heavy atom. The molecule has 1 aromatic rings. The Kier molecular flexibility index (Phi) is 5.00. The summed E-state index contributed by atoms with van der Waals surface area (Å²) in [6.07, 6.45) is 0.337. The normalized spacial score (nSPS) is 9.88. The zero-order valence-electron chi connectivity index (χ0n) is 9.35. The van der Waals surface area contributed by atoms with Crippen molar-refractivity contribution in [3.05, 3.63) is 29.8 Å². The maximum absolute atomic E-state index is 11.2. The molecule has 1 rings (SSSR count). The van der Waals surface area contributed by atoms with Crippen molar-refractivity contribution in [2.24, 2.45) is 0 Å². The molecule has 0 radical (unpaired) electrons. The Bertz CT molecular complexity index is 403. The van der Waals surface area contributed by atoms with Gasteiger partial charge in [0.15, 0.2) is 0 Å². The number of hydrogen-bond acceptors (Lipinski definition) is 3. The monoisotopic (exact) mass is 237 g/mol. The number of rotatable bonds is 6. The predicted octanol–water partition coefficient (Wildman–Crippen LogP) is 0.916. The summed E-state index contributed by atoms with van der Waals surface area (Å²) in [6, 6.07) is 6.89. The second-order valence-corrected chi connectivity index (χ2v) is 3.62. The molecule has 0 aliphatic carbocycles. The highest BCUT2D eigenvalue weighted by atomic mass is 16.4. The second kappa shape index (κ2) is 6.52. The van der Waals surface area contributed by atoms with Gasteiger partial charge in [0, 0.05) is 13.0 Å². The van der Waals surface area contributed by atoms with Crippen LogP contribution in [0, 0.1) is 0 Å². The zero-order valence-corrected chi connectivity index (χ0v) is 9.35. The number of aromatic hydroxyl groups is 1. The first-order valence-corrected chi connectivity index (χ1v) is 5.35. The molecule has 0 spiro atoms. The van der Waals surface area contributed by atoms with Crippen molar-refractivity contribution in [3.8, 4) is 5.75 Å². The van der Waals surface area contributed by atoms with Gasteiger partial charge < -0.3 is 15.5 Å². The van der Waals surface area contributed by atoms with Gasteiger partial charge >= 0.3 is 5.97 Å². The standard InChI is InChI=1S/C12H15NO4/c14-10-4-2-1-3-9(10)7-8-13-11(15)5-6-12(16)17/h1-4,14H,5-8H2,(H,13,15)(H,16,17). The van der Waals surface area contributed by atoms with Gasteiger partial charge in [-0.25, -0.2) is 0 Å². The van der Waals surface area contributed by atoms with Gasteiger partial charge in [0.2, 0.25) is 5.91 Å². The fourth-order valence-electron chi connectivity index (χ4n) is 1.37. The van der Waals surface area contributed by atoms with E-state index in [9.17, 15) is 14.7 Å². The fourth-order valence-corrected chi connectivity index (χ4v) is 1.37. The minimum absolute atomic E-state index is 0.0178. The molecule has 0 aliphatic heterocycles. The van der Waals surface area contributed by atoms with E-state index in [1.54, 1.807) is 24.3 Å². The van der Waals surface area contributed by atoms with Crippen LogP contribution in [0.3, 0.4) is 0 Å². The average Bonchev–Trinajstić information content (AvgIpc) is 2.29. The molecule has 1 aromatic carbocycles. The lowest BCUT2D eigenvalue weighted by Crippen LogP contribution is -2.26. The minimum Gasteiger partial charge on any atom is -0.508 e. The van der Waals surface area contributed by atoms with E-state index in [4.69, 9.17) is 5.11 Å². The molecule has 1 amide bonds. The zero-order chi connectivity index (χ0) is 12.7. The van der Waals surface area contributed by atoms with Crippen LogP contribution in [-0.4, -0.2) is 28.6 Å². The fraction of sp³-hybridized carbons (Fsp3) is 0.333. The summed E-state index contributed by atoms with van der Waals surface area (Å²) in [7, 11) is 0. The molecule has 5 heteroatoms. The summed E-state index contributed by atoms with van der Waals surface area (Å²) in [6.45, 7) is 0.385. The Hall–Kier alpha value is -2.04. The summed E-state index contributed by atoms with van der Waals surface area (Å²) in [4.78, 5) is 21.4. The Morgan fingerprint density at radius 1 is 1.18 bits per heavy atom. The molecule has 0 fully saturated rings. The molecular weight excluding hydrogens is 222 g/mol. The first-order valence-electron chi connectivity index (χ1n) is 5.35. The van der Waals surface area contributed by atoms with Gasteiger partial charge in [-0.05, 0) is 18.1 Å². The molecule has 0 unspecified atom stereocenters. The van der Waals surface area contributed by atoms with Crippen LogP contribution in [-0.2, 0) is 16.0 Å². The van der Waals surface area contributed by atoms with Gasteiger partial charge in [0.1, 0.15) is 5.75 Å². The molecule has 0 aromatic heterocycles. The molecule has 0 bridgehead atoms. The molecule has 5 nitrogen and oxygen atoms in total. The number of carbonyl (C=O) groups is 2. The summed E-state index contributed by atoms with van der Waals surface area (Å²) in [5, 5.41) is 20.5. The smallest absolute Gasteiger partial charge is 0.303 e. The molecule has 17 heavy (non-hydrogen) atoms. The van der Waals surface area contributed by atoms with E-state index in [-0.39, 0.29) is 24.5 Å². The molecule has 3 N–H and O–H groups in total. The number of benzene rings is 1. The Morgan fingerprint density at radius 3 is 2.53 bits per heavy atom. The van der Waals surface area contributed by atoms with E-state index in [0.717, 1.165) is 5.56 Å². The Balaban J connectivity index is 2.26. The molecule has 0 heterocycles. The quantitative estimate of drug-likeness (QED) is 0.686. The predicted molar refractivity (Wildman–Crippen MR) is 61.7 cm³/mol. The van der Waals surface area contributed by atoms with Gasteiger partial charge in [-0.1, -0.05) is 18.2 Å². The van der Waals surface area contributed by atoms with Crippen molar-refractivity contribution >= 4 is 11.9 Å². The third-order valence-corrected chi connectivity index (χ3v) is 2.27. The van der Waals surface area contributed by atoms with Crippen LogP contribution in [0.2, 0.25) is 0 Å². The largest absolute Gasteiger partial charge is 0.508 e. The number of phenols is 1. The van der Waals surface area contributed by atoms with Crippen LogP contribution in [0.1, 0.15) is 18.4 Å². The maximum Gasteiger partial charge on any atom is 0.303 e. The van der Waals surface area contributed by atoms with Crippen molar-refractivity contribution < 1.29 is 19.8 Å². The van der Waals surface area contributed by atoms with Crippen molar-refractivity contribution in [3.63, 3.8) is 0 Å². The second-order valence-electron chi connectivity index (χ2n) is 3.62. The molecule has 0 aliphatic rings. The Labute approximate surface area is 99.1 Å². The highest BCUT2D eigenvalue weighted by Crippen LogP contribution is 2.15. The molecule has 0 saturated carbocycles. The minimum atomic E-state index is -0.985. The number of carboxylic acids is 1. The van der Waals surface area contributed by atoms with Crippen LogP contribution in [0.25, 0.3) is 0 Å². The van der Waals surface area contributed by atoms with E-state index in [1.165, 1.54) is 0 Å². The molecule has 0 saturated heterocycles. The van der Waals surface area contributed by atoms with Gasteiger partial charge in [-0.3, -0.25) is 9.59 Å². The number of nitrogens with one attached hydrogen (secondary N) is 1. The summed E-state index contributed by atoms with van der Waals surface area (Å²) in [5.74, 6) is -1.07. The first-order chi connectivity index (χ1) is 8.09. The van der Waals surface area contributed by atoms with Crippen LogP contribution in [0.5, 0.6) is 5.75 Å². The van der Waals surface area contributed by atoms with Crippen LogP contribution >= 0.6 is 0 Å². The average molecular weight is 237 g/mol. The van der Waals surface area contributed by atoms with Gasteiger partial charge in [0.05, 0.1) is 6.42 Å². The lowest BCUT2D eigenvalue weighted by molar-refractivity contribution is -0.138. The van der Waals surface area contributed by atoms with Crippen molar-refractivity contribution in [2.45, 2.75) is 19.3 Å². The SMILES string of the molecule is O=C(O)CCC(=O)NCCc1ccccc1O. The topological polar surface area (TPSA) is 86.6 Å². The van der Waals surface area contributed by atoms with Crippen molar-refractivity contribution in [1.29, 1.82) is 0 Å². The first kappa shape index (κ1) is 13.0. The molecule has 92 valence electrons. The number of carboxylic acid groups (broad SMARTS) is 1. The van der Waals surface area contributed by atoms with Crippen LogP contribution in [0.15, 0.2) is 24.3 Å². The van der Waals surface area contributed by atoms with Gasteiger partial charge in [-0.15, -0.1) is 0 Å².